The molecule has 0 radical (unpaired) electrons. The van der Waals surface area contributed by atoms with Crippen LogP contribution in [0, 0.1) is 5.92 Å². The fourth-order valence-electron chi connectivity index (χ4n) is 3.49. The zero-order valence-electron chi connectivity index (χ0n) is 18.3. The Hall–Kier alpha value is -2.59. The lowest BCUT2D eigenvalue weighted by atomic mass is 9.98. The molecule has 8 nitrogen and oxygen atoms in total. The Balaban J connectivity index is 1.72. The molecular weight excluding hydrogens is 411 g/mol. The average molecular weight is 444 g/mol. The molecule has 1 saturated heterocycles. The van der Waals surface area contributed by atoms with Crippen LogP contribution in [0.3, 0.4) is 0 Å². The summed E-state index contributed by atoms with van der Waals surface area (Å²) in [6.45, 7) is 6.28. The summed E-state index contributed by atoms with van der Waals surface area (Å²) in [5.41, 5.74) is -0.982. The highest BCUT2D eigenvalue weighted by Gasteiger charge is 2.32. The van der Waals surface area contributed by atoms with Crippen LogP contribution < -0.4 is 16.0 Å². The second kappa shape index (κ2) is 11.7. The van der Waals surface area contributed by atoms with E-state index in [9.17, 15) is 18.0 Å². The molecule has 2 heterocycles. The van der Waals surface area contributed by atoms with Crippen molar-refractivity contribution in [2.75, 3.05) is 38.5 Å². The van der Waals surface area contributed by atoms with E-state index in [1.165, 1.54) is 0 Å². The van der Waals surface area contributed by atoms with E-state index in [2.05, 4.69) is 30.9 Å². The molecule has 174 valence electrons. The fourth-order valence-corrected chi connectivity index (χ4v) is 3.49. The Labute approximate surface area is 181 Å². The highest BCUT2D eigenvalue weighted by atomic mass is 19.4. The first-order valence-electron chi connectivity index (χ1n) is 10.7. The van der Waals surface area contributed by atoms with Crippen LogP contribution in [0.1, 0.15) is 45.2 Å². The molecule has 0 bridgehead atoms. The number of carbonyl (C=O) groups is 1. The molecule has 1 aliphatic rings. The number of rotatable bonds is 8. The Morgan fingerprint density at radius 1 is 1.26 bits per heavy atom. The first-order valence-corrected chi connectivity index (χ1v) is 10.7. The van der Waals surface area contributed by atoms with Crippen molar-refractivity contribution in [2.24, 2.45) is 10.9 Å². The van der Waals surface area contributed by atoms with Crippen LogP contribution in [0.5, 0.6) is 0 Å². The quantitative estimate of drug-likeness (QED) is 0.325. The minimum absolute atomic E-state index is 0.0749. The zero-order valence-corrected chi connectivity index (χ0v) is 18.3. The highest BCUT2D eigenvalue weighted by molar-refractivity contribution is 5.80. The van der Waals surface area contributed by atoms with Crippen LogP contribution in [0.25, 0.3) is 0 Å². The van der Waals surface area contributed by atoms with Crippen LogP contribution in [0.2, 0.25) is 0 Å². The minimum atomic E-state index is -4.50. The molecule has 1 fully saturated rings. The lowest BCUT2D eigenvalue weighted by molar-refractivity contribution is -0.141. The first-order chi connectivity index (χ1) is 14.8. The molecule has 1 aliphatic heterocycles. The Bertz CT molecular complexity index is 730. The number of piperidine rings is 1. The van der Waals surface area contributed by atoms with E-state index in [1.807, 2.05) is 18.7 Å². The van der Waals surface area contributed by atoms with Gasteiger partial charge in [-0.3, -0.25) is 9.79 Å². The van der Waals surface area contributed by atoms with Gasteiger partial charge in [0.1, 0.15) is 5.69 Å². The van der Waals surface area contributed by atoms with Crippen LogP contribution in [0.15, 0.2) is 17.3 Å². The maximum Gasteiger partial charge on any atom is 0.433 e. The van der Waals surface area contributed by atoms with E-state index < -0.39 is 11.9 Å². The molecule has 1 aromatic rings. The number of hydrogen-bond donors (Lipinski definition) is 3. The van der Waals surface area contributed by atoms with Gasteiger partial charge in [-0.15, -0.1) is 0 Å². The fraction of sp³-hybridized carbons (Fsp3) is 0.700. The molecule has 11 heteroatoms. The van der Waals surface area contributed by atoms with Crippen molar-refractivity contribution in [1.29, 1.82) is 0 Å². The van der Waals surface area contributed by atoms with Crippen LogP contribution >= 0.6 is 0 Å². The van der Waals surface area contributed by atoms with Gasteiger partial charge < -0.3 is 20.9 Å². The number of amides is 1. The number of nitrogens with zero attached hydrogens (tertiary/aromatic N) is 4. The number of anilines is 1. The SMILES string of the molecule is CCC(CC)C(=O)N1CCC(NC(=NC)NCCNc2nccc(C(F)(F)F)n2)CC1. The number of guanidine groups is 1. The lowest BCUT2D eigenvalue weighted by Crippen LogP contribution is -2.51. The predicted octanol–water partition coefficient (Wildman–Crippen LogP) is 2.50. The van der Waals surface area contributed by atoms with Gasteiger partial charge in [0.25, 0.3) is 0 Å². The molecule has 0 saturated carbocycles. The third-order valence-corrected chi connectivity index (χ3v) is 5.35. The average Bonchev–Trinajstić information content (AvgIpc) is 2.76. The number of likely N-dealkylation sites (tertiary alicyclic amines) is 1. The van der Waals surface area contributed by atoms with Gasteiger partial charge in [0, 0.05) is 51.4 Å². The molecule has 1 aromatic heterocycles. The van der Waals surface area contributed by atoms with E-state index in [1.54, 1.807) is 7.05 Å². The highest BCUT2D eigenvalue weighted by Crippen LogP contribution is 2.27. The summed E-state index contributed by atoms with van der Waals surface area (Å²) in [5, 5.41) is 9.23. The van der Waals surface area contributed by atoms with Gasteiger partial charge in [0.15, 0.2) is 5.96 Å². The van der Waals surface area contributed by atoms with Crippen molar-refractivity contribution < 1.29 is 18.0 Å². The Morgan fingerprint density at radius 3 is 2.52 bits per heavy atom. The van der Waals surface area contributed by atoms with Crippen LogP contribution in [-0.2, 0) is 11.0 Å². The summed E-state index contributed by atoms with van der Waals surface area (Å²) in [5.74, 6) is 0.881. The maximum absolute atomic E-state index is 12.7. The van der Waals surface area contributed by atoms with E-state index in [0.29, 0.717) is 19.0 Å². The monoisotopic (exact) mass is 443 g/mol. The first kappa shape index (κ1) is 24.7. The van der Waals surface area contributed by atoms with Crippen LogP contribution in [-0.4, -0.2) is 66.0 Å². The van der Waals surface area contributed by atoms with Crippen molar-refractivity contribution >= 4 is 17.8 Å². The van der Waals surface area contributed by atoms with Gasteiger partial charge >= 0.3 is 6.18 Å². The lowest BCUT2D eigenvalue weighted by Gasteiger charge is -2.34. The molecule has 3 N–H and O–H groups in total. The summed E-state index contributed by atoms with van der Waals surface area (Å²) in [7, 11) is 1.66. The summed E-state index contributed by atoms with van der Waals surface area (Å²) < 4.78 is 38.1. The second-order valence-corrected chi connectivity index (χ2v) is 7.45. The summed E-state index contributed by atoms with van der Waals surface area (Å²) in [6.07, 6.45) is -0.0245. The Morgan fingerprint density at radius 2 is 1.94 bits per heavy atom. The molecule has 1 amide bonds. The summed E-state index contributed by atoms with van der Waals surface area (Å²) in [6, 6.07) is 1.04. The maximum atomic E-state index is 12.7. The molecule has 0 spiro atoms. The Kier molecular flexibility index (Phi) is 9.32. The molecule has 0 atom stereocenters. The second-order valence-electron chi connectivity index (χ2n) is 7.45. The smallest absolute Gasteiger partial charge is 0.355 e. The number of alkyl halides is 3. The molecule has 2 rings (SSSR count). The number of nitrogens with one attached hydrogen (secondary N) is 3. The van der Waals surface area contributed by atoms with Gasteiger partial charge in [0.2, 0.25) is 11.9 Å². The van der Waals surface area contributed by atoms with Crippen molar-refractivity contribution in [1.82, 2.24) is 25.5 Å². The molecule has 0 unspecified atom stereocenters. The van der Waals surface area contributed by atoms with Gasteiger partial charge in [-0.1, -0.05) is 13.8 Å². The van der Waals surface area contributed by atoms with Crippen molar-refractivity contribution in [2.45, 2.75) is 51.7 Å². The number of hydrogen-bond acceptors (Lipinski definition) is 5. The third-order valence-electron chi connectivity index (χ3n) is 5.35. The standard InChI is InChI=1S/C20H32F3N7O/c1-4-14(5-2)17(31)30-12-7-15(8-13-30)28-18(24-3)26-10-11-27-19-25-9-6-16(29-19)20(21,22)23/h6,9,14-15H,4-5,7-8,10-13H2,1-3H3,(H2,24,26,28)(H,25,27,29). The third kappa shape index (κ3) is 7.55. The van der Waals surface area contributed by atoms with Gasteiger partial charge in [-0.2, -0.15) is 13.2 Å². The van der Waals surface area contributed by atoms with Crippen molar-refractivity contribution in [3.05, 3.63) is 18.0 Å². The van der Waals surface area contributed by atoms with Crippen molar-refractivity contribution in [3.8, 4) is 0 Å². The van der Waals surface area contributed by atoms with E-state index in [0.717, 1.165) is 51.0 Å². The number of carbonyl (C=O) groups excluding carboxylic acids is 1. The van der Waals surface area contributed by atoms with Gasteiger partial charge in [0.05, 0.1) is 0 Å². The molecular formula is C20H32F3N7O. The minimum Gasteiger partial charge on any atom is -0.355 e. The molecule has 0 aromatic carbocycles. The molecule has 0 aliphatic carbocycles. The topological polar surface area (TPSA) is 94.5 Å². The number of halogens is 3. The zero-order chi connectivity index (χ0) is 22.9. The number of aliphatic imine (C=N–C) groups is 1. The largest absolute Gasteiger partial charge is 0.433 e. The van der Waals surface area contributed by atoms with E-state index >= 15 is 0 Å². The van der Waals surface area contributed by atoms with Gasteiger partial charge in [-0.25, -0.2) is 9.97 Å². The summed E-state index contributed by atoms with van der Waals surface area (Å²) in [4.78, 5) is 25.9. The normalized spacial score (nSPS) is 15.8. The van der Waals surface area contributed by atoms with Gasteiger partial charge in [-0.05, 0) is 31.7 Å². The van der Waals surface area contributed by atoms with Crippen LogP contribution in [0.4, 0.5) is 19.1 Å². The number of aromatic nitrogens is 2. The summed E-state index contributed by atoms with van der Waals surface area (Å²) >= 11 is 0. The van der Waals surface area contributed by atoms with E-state index in [-0.39, 0.29) is 23.8 Å². The van der Waals surface area contributed by atoms with E-state index in [4.69, 9.17) is 0 Å². The predicted molar refractivity (Wildman–Crippen MR) is 114 cm³/mol. The molecule has 31 heavy (non-hydrogen) atoms. The van der Waals surface area contributed by atoms with Crippen molar-refractivity contribution in [3.63, 3.8) is 0 Å².